The van der Waals surface area contributed by atoms with Gasteiger partial charge in [0.25, 0.3) is 5.91 Å². The van der Waals surface area contributed by atoms with E-state index in [1.165, 1.54) is 6.42 Å². The Balaban J connectivity index is 1.74. The molecular formula is C20H21Cl2N3OS. The van der Waals surface area contributed by atoms with E-state index in [0.29, 0.717) is 15.6 Å². The number of hydrogen-bond donors (Lipinski definition) is 2. The molecule has 142 valence electrons. The fraction of sp³-hybridized carbons (Fsp3) is 0.300. The lowest BCUT2D eigenvalue weighted by atomic mass is 10.1. The van der Waals surface area contributed by atoms with Gasteiger partial charge in [0.1, 0.15) is 0 Å². The number of para-hydroxylation sites is 1. The monoisotopic (exact) mass is 421 g/mol. The van der Waals surface area contributed by atoms with E-state index >= 15 is 0 Å². The van der Waals surface area contributed by atoms with Gasteiger partial charge in [0.05, 0.1) is 27.0 Å². The van der Waals surface area contributed by atoms with Crippen LogP contribution in [-0.2, 0) is 0 Å². The minimum atomic E-state index is -0.348. The molecule has 27 heavy (non-hydrogen) atoms. The molecule has 0 saturated carbocycles. The topological polar surface area (TPSA) is 44.4 Å². The third-order valence-electron chi connectivity index (χ3n) is 4.50. The average Bonchev–Trinajstić information content (AvgIpc) is 2.62. The summed E-state index contributed by atoms with van der Waals surface area (Å²) in [5.41, 5.74) is 3.07. The first-order valence-electron chi connectivity index (χ1n) is 8.87. The second-order valence-corrected chi connectivity index (χ2v) is 7.80. The Morgan fingerprint density at radius 1 is 1.07 bits per heavy atom. The van der Waals surface area contributed by atoms with Crippen molar-refractivity contribution in [1.29, 1.82) is 0 Å². The molecule has 0 unspecified atom stereocenters. The normalized spacial score (nSPS) is 14.0. The van der Waals surface area contributed by atoms with Crippen molar-refractivity contribution < 1.29 is 4.79 Å². The van der Waals surface area contributed by atoms with E-state index in [1.54, 1.807) is 12.1 Å². The van der Waals surface area contributed by atoms with Gasteiger partial charge >= 0.3 is 0 Å². The Kier molecular flexibility index (Phi) is 6.58. The molecule has 0 bridgehead atoms. The number of rotatable bonds is 3. The lowest BCUT2D eigenvalue weighted by Gasteiger charge is -2.31. The Labute approximate surface area is 174 Å². The van der Waals surface area contributed by atoms with Crippen LogP contribution >= 0.6 is 35.4 Å². The van der Waals surface area contributed by atoms with Crippen LogP contribution in [0.4, 0.5) is 11.4 Å². The minimum absolute atomic E-state index is 0.206. The van der Waals surface area contributed by atoms with Gasteiger partial charge in [-0.2, -0.15) is 0 Å². The van der Waals surface area contributed by atoms with Gasteiger partial charge in [0.15, 0.2) is 5.11 Å². The predicted octanol–water partition coefficient (Wildman–Crippen LogP) is 5.42. The summed E-state index contributed by atoms with van der Waals surface area (Å²) in [6, 6.07) is 10.9. The molecule has 1 amide bonds. The minimum Gasteiger partial charge on any atom is -0.369 e. The van der Waals surface area contributed by atoms with Crippen LogP contribution in [0.2, 0.25) is 10.0 Å². The lowest BCUT2D eigenvalue weighted by Crippen LogP contribution is -2.35. The van der Waals surface area contributed by atoms with Gasteiger partial charge in [-0.25, -0.2) is 0 Å². The number of thiocarbonyl (C=S) groups is 1. The third kappa shape index (κ3) is 4.92. The van der Waals surface area contributed by atoms with Gasteiger partial charge in [-0.1, -0.05) is 35.3 Å². The largest absolute Gasteiger partial charge is 0.369 e. The molecule has 0 radical (unpaired) electrons. The molecule has 0 aliphatic carbocycles. The van der Waals surface area contributed by atoms with Crippen LogP contribution < -0.4 is 15.5 Å². The number of amides is 1. The number of carbonyl (C=O) groups excluding carboxylic acids is 1. The van der Waals surface area contributed by atoms with E-state index in [9.17, 15) is 4.79 Å². The highest BCUT2D eigenvalue weighted by Gasteiger charge is 2.19. The predicted molar refractivity (Wildman–Crippen MR) is 117 cm³/mol. The molecule has 4 nitrogen and oxygen atoms in total. The lowest BCUT2D eigenvalue weighted by molar-refractivity contribution is 0.0978. The maximum absolute atomic E-state index is 12.5. The summed E-state index contributed by atoms with van der Waals surface area (Å²) in [4.78, 5) is 14.7. The zero-order valence-corrected chi connectivity index (χ0v) is 17.3. The van der Waals surface area contributed by atoms with E-state index in [-0.39, 0.29) is 11.0 Å². The van der Waals surface area contributed by atoms with E-state index in [1.807, 2.05) is 31.2 Å². The van der Waals surface area contributed by atoms with Gasteiger partial charge in [0, 0.05) is 13.1 Å². The van der Waals surface area contributed by atoms with Crippen molar-refractivity contribution in [2.24, 2.45) is 0 Å². The second kappa shape index (κ2) is 8.91. The van der Waals surface area contributed by atoms with Crippen molar-refractivity contribution in [3.63, 3.8) is 0 Å². The van der Waals surface area contributed by atoms with Crippen molar-refractivity contribution in [3.8, 4) is 0 Å². The van der Waals surface area contributed by atoms with E-state index < -0.39 is 0 Å². The summed E-state index contributed by atoms with van der Waals surface area (Å²) in [5, 5.41) is 7.07. The van der Waals surface area contributed by atoms with E-state index in [4.69, 9.17) is 35.4 Å². The van der Waals surface area contributed by atoms with Gasteiger partial charge in [-0.3, -0.25) is 10.1 Å². The molecule has 0 atom stereocenters. The van der Waals surface area contributed by atoms with Crippen molar-refractivity contribution in [3.05, 3.63) is 57.6 Å². The van der Waals surface area contributed by atoms with Crippen LogP contribution in [0.1, 0.15) is 35.2 Å². The summed E-state index contributed by atoms with van der Waals surface area (Å²) in [6.45, 7) is 3.83. The standard InChI is InChI=1S/C20H21Cl2N3OS/c1-13-8-9-14(16(22)12-13)19(26)24-20(27)23-17-7-5-6-15(21)18(17)25-10-3-2-4-11-25/h5-9,12H,2-4,10-11H2,1H3,(H2,23,24,26,27). The number of aryl methyl sites for hydroxylation is 1. The van der Waals surface area contributed by atoms with Crippen molar-refractivity contribution in [2.45, 2.75) is 26.2 Å². The van der Waals surface area contributed by atoms with Crippen LogP contribution in [0.3, 0.4) is 0 Å². The van der Waals surface area contributed by atoms with Crippen LogP contribution in [0.25, 0.3) is 0 Å². The zero-order valence-electron chi connectivity index (χ0n) is 15.0. The molecule has 2 N–H and O–H groups in total. The maximum atomic E-state index is 12.5. The molecule has 3 rings (SSSR count). The number of nitrogens with one attached hydrogen (secondary N) is 2. The van der Waals surface area contributed by atoms with Gasteiger partial charge in [0.2, 0.25) is 0 Å². The molecular weight excluding hydrogens is 401 g/mol. The molecule has 1 aliphatic heterocycles. The average molecular weight is 422 g/mol. The van der Waals surface area contributed by atoms with Crippen LogP contribution in [0.15, 0.2) is 36.4 Å². The van der Waals surface area contributed by atoms with E-state index in [0.717, 1.165) is 42.9 Å². The maximum Gasteiger partial charge on any atom is 0.258 e. The summed E-state index contributed by atoms with van der Waals surface area (Å²) in [5.74, 6) is -0.348. The Hall–Kier alpha value is -1.82. The van der Waals surface area contributed by atoms with Crippen LogP contribution in [0, 0.1) is 6.92 Å². The highest BCUT2D eigenvalue weighted by molar-refractivity contribution is 7.80. The molecule has 7 heteroatoms. The number of anilines is 2. The first-order chi connectivity index (χ1) is 13.0. The smallest absolute Gasteiger partial charge is 0.258 e. The molecule has 2 aromatic carbocycles. The van der Waals surface area contributed by atoms with E-state index in [2.05, 4.69) is 15.5 Å². The Bertz CT molecular complexity index is 866. The Morgan fingerprint density at radius 2 is 1.81 bits per heavy atom. The van der Waals surface area contributed by atoms with Crippen molar-refractivity contribution in [2.75, 3.05) is 23.3 Å². The SMILES string of the molecule is Cc1ccc(C(=O)NC(=S)Nc2cccc(Cl)c2N2CCCCC2)c(Cl)c1. The zero-order chi connectivity index (χ0) is 19.4. The molecule has 0 spiro atoms. The summed E-state index contributed by atoms with van der Waals surface area (Å²) < 4.78 is 0. The molecule has 1 heterocycles. The number of nitrogens with zero attached hydrogens (tertiary/aromatic N) is 1. The van der Waals surface area contributed by atoms with Gasteiger partial charge in [-0.05, 0) is 68.2 Å². The second-order valence-electron chi connectivity index (χ2n) is 6.58. The van der Waals surface area contributed by atoms with Crippen molar-refractivity contribution in [1.82, 2.24) is 5.32 Å². The third-order valence-corrected chi connectivity index (χ3v) is 5.33. The van der Waals surface area contributed by atoms with Gasteiger partial charge < -0.3 is 10.2 Å². The fourth-order valence-corrected chi connectivity index (χ4v) is 4.00. The Morgan fingerprint density at radius 3 is 2.52 bits per heavy atom. The quantitative estimate of drug-likeness (QED) is 0.649. The first-order valence-corrected chi connectivity index (χ1v) is 10.0. The van der Waals surface area contributed by atoms with Crippen molar-refractivity contribution >= 4 is 57.8 Å². The highest BCUT2D eigenvalue weighted by atomic mass is 35.5. The molecule has 2 aromatic rings. The molecule has 1 aliphatic rings. The summed E-state index contributed by atoms with van der Waals surface area (Å²) in [6.07, 6.45) is 3.50. The van der Waals surface area contributed by atoms with Gasteiger partial charge in [-0.15, -0.1) is 0 Å². The first kappa shape index (κ1) is 19.9. The number of carbonyl (C=O) groups is 1. The van der Waals surface area contributed by atoms with Crippen LogP contribution in [-0.4, -0.2) is 24.1 Å². The number of benzene rings is 2. The molecule has 1 saturated heterocycles. The summed E-state index contributed by atoms with van der Waals surface area (Å²) >= 11 is 18.0. The fourth-order valence-electron chi connectivity index (χ4n) is 3.18. The summed E-state index contributed by atoms with van der Waals surface area (Å²) in [7, 11) is 0. The number of hydrogen-bond acceptors (Lipinski definition) is 3. The molecule has 0 aromatic heterocycles. The number of halogens is 2. The number of piperidine rings is 1. The molecule has 1 fully saturated rings. The highest BCUT2D eigenvalue weighted by Crippen LogP contribution is 2.35. The van der Waals surface area contributed by atoms with Crippen LogP contribution in [0.5, 0.6) is 0 Å².